The highest BCUT2D eigenvalue weighted by Gasteiger charge is 2.35. The van der Waals surface area contributed by atoms with E-state index in [0.29, 0.717) is 12.4 Å². The van der Waals surface area contributed by atoms with Crippen molar-refractivity contribution in [3.8, 4) is 0 Å². The summed E-state index contributed by atoms with van der Waals surface area (Å²) in [6.45, 7) is 2.40. The van der Waals surface area contributed by atoms with Crippen molar-refractivity contribution >= 4 is 29.0 Å². The van der Waals surface area contributed by atoms with E-state index in [1.165, 1.54) is 0 Å². The molecule has 0 aliphatic heterocycles. The fourth-order valence-electron chi connectivity index (χ4n) is 3.17. The Morgan fingerprint density at radius 3 is 2.67 bits per heavy atom. The summed E-state index contributed by atoms with van der Waals surface area (Å²) in [5, 5.41) is 16.6. The summed E-state index contributed by atoms with van der Waals surface area (Å²) in [4.78, 5) is 25.1. The van der Waals surface area contributed by atoms with Crippen molar-refractivity contribution in [1.29, 1.82) is 0 Å². The van der Waals surface area contributed by atoms with Crippen LogP contribution in [0.3, 0.4) is 0 Å². The van der Waals surface area contributed by atoms with Crippen LogP contribution < -0.4 is 10.6 Å². The molecular formula is C17H22N4O2S. The summed E-state index contributed by atoms with van der Waals surface area (Å²) in [6.07, 6.45) is 3.47. The Morgan fingerprint density at radius 2 is 2.04 bits per heavy atom. The second-order valence-corrected chi connectivity index (χ2v) is 7.05. The predicted octanol–water partition coefficient (Wildman–Crippen LogP) is 2.84. The maximum atomic E-state index is 12.6. The number of carbonyl (C=O) groups is 2. The third kappa shape index (κ3) is 4.03. The maximum absolute atomic E-state index is 12.6. The molecule has 1 aliphatic carbocycles. The van der Waals surface area contributed by atoms with Gasteiger partial charge in [-0.25, -0.2) is 0 Å². The summed E-state index contributed by atoms with van der Waals surface area (Å²) in [6, 6.07) is 3.78. The van der Waals surface area contributed by atoms with Crippen LogP contribution in [0.25, 0.3) is 0 Å². The van der Waals surface area contributed by atoms with Crippen LogP contribution in [0.1, 0.15) is 36.9 Å². The molecule has 24 heavy (non-hydrogen) atoms. The number of rotatable bonds is 5. The molecule has 2 heterocycles. The number of carbonyl (C=O) groups excluding carboxylic acids is 2. The van der Waals surface area contributed by atoms with Crippen LogP contribution in [-0.4, -0.2) is 22.0 Å². The van der Waals surface area contributed by atoms with Crippen LogP contribution in [0.4, 0.5) is 5.82 Å². The summed E-state index contributed by atoms with van der Waals surface area (Å²) >= 11 is 1.61. The molecule has 2 atom stereocenters. The Bertz CT molecular complexity index is 695. The Morgan fingerprint density at radius 1 is 1.29 bits per heavy atom. The van der Waals surface area contributed by atoms with Gasteiger partial charge in [-0.3, -0.25) is 14.7 Å². The molecule has 2 aromatic heterocycles. The van der Waals surface area contributed by atoms with Crippen LogP contribution >= 0.6 is 11.3 Å². The highest BCUT2D eigenvalue weighted by molar-refractivity contribution is 7.07. The summed E-state index contributed by atoms with van der Waals surface area (Å²) in [7, 11) is 0. The lowest BCUT2D eigenvalue weighted by Gasteiger charge is -2.29. The lowest BCUT2D eigenvalue weighted by molar-refractivity contribution is -0.134. The lowest BCUT2D eigenvalue weighted by Crippen LogP contribution is -2.41. The van der Waals surface area contributed by atoms with E-state index in [9.17, 15) is 9.59 Å². The number of nitrogens with zero attached hydrogens (tertiary/aromatic N) is 1. The molecule has 6 nitrogen and oxygen atoms in total. The van der Waals surface area contributed by atoms with Crippen molar-refractivity contribution in [2.45, 2.75) is 39.2 Å². The van der Waals surface area contributed by atoms with Gasteiger partial charge in [0.2, 0.25) is 11.8 Å². The minimum atomic E-state index is -0.293. The molecule has 0 spiro atoms. The average molecular weight is 346 g/mol. The molecule has 2 amide bonds. The van der Waals surface area contributed by atoms with Gasteiger partial charge in [-0.1, -0.05) is 12.8 Å². The summed E-state index contributed by atoms with van der Waals surface area (Å²) in [5.74, 6) is -0.188. The molecule has 1 fully saturated rings. The third-order valence-corrected chi connectivity index (χ3v) is 5.18. The molecule has 3 N–H and O–H groups in total. The number of hydrogen-bond donors (Lipinski definition) is 3. The van der Waals surface area contributed by atoms with Crippen molar-refractivity contribution in [2.24, 2.45) is 11.8 Å². The van der Waals surface area contributed by atoms with Crippen molar-refractivity contribution in [1.82, 2.24) is 15.5 Å². The van der Waals surface area contributed by atoms with Crippen molar-refractivity contribution < 1.29 is 9.59 Å². The van der Waals surface area contributed by atoms with E-state index >= 15 is 0 Å². The fourth-order valence-corrected chi connectivity index (χ4v) is 3.84. The average Bonchev–Trinajstić information content (AvgIpc) is 3.24. The topological polar surface area (TPSA) is 86.9 Å². The van der Waals surface area contributed by atoms with E-state index in [-0.39, 0.29) is 23.7 Å². The molecule has 1 saturated carbocycles. The molecule has 0 aromatic carbocycles. The van der Waals surface area contributed by atoms with Gasteiger partial charge in [-0.05, 0) is 42.2 Å². The highest BCUT2D eigenvalue weighted by Crippen LogP contribution is 2.31. The van der Waals surface area contributed by atoms with E-state index < -0.39 is 0 Å². The first-order valence-corrected chi connectivity index (χ1v) is 9.19. The number of aryl methyl sites for hydroxylation is 1. The molecule has 3 rings (SSSR count). The van der Waals surface area contributed by atoms with E-state index in [0.717, 1.165) is 36.9 Å². The third-order valence-electron chi connectivity index (χ3n) is 4.44. The smallest absolute Gasteiger partial charge is 0.229 e. The minimum absolute atomic E-state index is 0.0285. The van der Waals surface area contributed by atoms with Gasteiger partial charge in [0.1, 0.15) is 0 Å². The van der Waals surface area contributed by atoms with Gasteiger partial charge in [0.05, 0.1) is 0 Å². The number of aromatic nitrogens is 2. The van der Waals surface area contributed by atoms with Crippen molar-refractivity contribution in [3.63, 3.8) is 0 Å². The van der Waals surface area contributed by atoms with Crippen LogP contribution in [0.2, 0.25) is 0 Å². The van der Waals surface area contributed by atoms with E-state index in [4.69, 9.17) is 0 Å². The SMILES string of the molecule is Cc1cc(NC(=O)[C@H]2CCCC[C@H]2C(=O)NCc2ccsc2)n[nH]1. The van der Waals surface area contributed by atoms with Crippen LogP contribution in [0, 0.1) is 18.8 Å². The number of thiophene rings is 1. The van der Waals surface area contributed by atoms with Gasteiger partial charge < -0.3 is 10.6 Å². The standard InChI is InChI=1S/C17H22N4O2S/c1-11-8-15(21-20-11)19-17(23)14-5-3-2-4-13(14)16(22)18-9-12-6-7-24-10-12/h6-8,10,13-14H,2-5,9H2,1H3,(H,18,22)(H2,19,20,21,23)/t13-,14+/m1/s1. The van der Waals surface area contributed by atoms with Crippen LogP contribution in [0.15, 0.2) is 22.9 Å². The van der Waals surface area contributed by atoms with Crippen LogP contribution in [0.5, 0.6) is 0 Å². The Balaban J connectivity index is 1.61. The van der Waals surface area contributed by atoms with Gasteiger partial charge in [-0.2, -0.15) is 16.4 Å². The Hall–Kier alpha value is -2.15. The first-order chi connectivity index (χ1) is 11.6. The molecule has 2 aromatic rings. The largest absolute Gasteiger partial charge is 0.352 e. The van der Waals surface area contributed by atoms with E-state index in [2.05, 4.69) is 20.8 Å². The molecule has 7 heteroatoms. The zero-order valence-electron chi connectivity index (χ0n) is 13.7. The second-order valence-electron chi connectivity index (χ2n) is 6.27. The number of nitrogens with one attached hydrogen (secondary N) is 3. The van der Waals surface area contributed by atoms with Crippen molar-refractivity contribution in [2.75, 3.05) is 5.32 Å². The second kappa shape index (κ2) is 7.61. The molecule has 0 unspecified atom stereocenters. The Labute approximate surface area is 145 Å². The van der Waals surface area contributed by atoms with E-state index in [1.807, 2.05) is 23.8 Å². The molecule has 0 bridgehead atoms. The summed E-state index contributed by atoms with van der Waals surface area (Å²) in [5.41, 5.74) is 1.98. The first kappa shape index (κ1) is 16.7. The zero-order chi connectivity index (χ0) is 16.9. The molecule has 0 saturated heterocycles. The Kier molecular flexibility index (Phi) is 5.30. The van der Waals surface area contributed by atoms with Gasteiger partial charge in [0.25, 0.3) is 0 Å². The van der Waals surface area contributed by atoms with Crippen molar-refractivity contribution in [3.05, 3.63) is 34.2 Å². The lowest BCUT2D eigenvalue weighted by atomic mass is 9.78. The molecule has 0 radical (unpaired) electrons. The molecule has 1 aliphatic rings. The predicted molar refractivity (Wildman–Crippen MR) is 93.6 cm³/mol. The normalized spacial score (nSPS) is 20.5. The monoisotopic (exact) mass is 346 g/mol. The number of H-pyrrole nitrogens is 1. The van der Waals surface area contributed by atoms with Gasteiger partial charge in [-0.15, -0.1) is 0 Å². The molecular weight excluding hydrogens is 324 g/mol. The number of amides is 2. The van der Waals surface area contributed by atoms with Crippen LogP contribution in [-0.2, 0) is 16.1 Å². The first-order valence-electron chi connectivity index (χ1n) is 8.25. The van der Waals surface area contributed by atoms with Gasteiger partial charge in [0, 0.05) is 30.1 Å². The number of aromatic amines is 1. The quantitative estimate of drug-likeness (QED) is 0.778. The molecule has 128 valence electrons. The fraction of sp³-hybridized carbons (Fsp3) is 0.471. The number of hydrogen-bond acceptors (Lipinski definition) is 4. The van der Waals surface area contributed by atoms with Gasteiger partial charge in [0.15, 0.2) is 5.82 Å². The minimum Gasteiger partial charge on any atom is -0.352 e. The highest BCUT2D eigenvalue weighted by atomic mass is 32.1. The van der Waals surface area contributed by atoms with E-state index in [1.54, 1.807) is 17.4 Å². The summed E-state index contributed by atoms with van der Waals surface area (Å²) < 4.78 is 0. The maximum Gasteiger partial charge on any atom is 0.229 e. The zero-order valence-corrected chi connectivity index (χ0v) is 14.5. The number of anilines is 1. The van der Waals surface area contributed by atoms with Gasteiger partial charge >= 0.3 is 0 Å².